The van der Waals surface area contributed by atoms with Crippen molar-refractivity contribution in [2.75, 3.05) is 12.3 Å². The van der Waals surface area contributed by atoms with Crippen molar-refractivity contribution in [2.45, 2.75) is 43.7 Å². The molecule has 0 aromatic carbocycles. The first-order valence-electron chi connectivity index (χ1n) is 5.59. The first kappa shape index (κ1) is 9.15. The van der Waals surface area contributed by atoms with Crippen molar-refractivity contribution in [2.24, 2.45) is 0 Å². The van der Waals surface area contributed by atoms with Crippen LogP contribution in [0.2, 0.25) is 0 Å². The highest BCUT2D eigenvalue weighted by Crippen LogP contribution is 2.45. The summed E-state index contributed by atoms with van der Waals surface area (Å²) >= 11 is 0. The molecule has 1 saturated carbocycles. The number of hydrogen-bond acceptors (Lipinski definition) is 4. The van der Waals surface area contributed by atoms with Gasteiger partial charge in [0.15, 0.2) is 5.82 Å². The lowest BCUT2D eigenvalue weighted by atomic mass is 9.74. The Balaban J connectivity index is 1.76. The van der Waals surface area contributed by atoms with E-state index in [9.17, 15) is 0 Å². The van der Waals surface area contributed by atoms with E-state index in [1.165, 1.54) is 19.3 Å². The molecule has 1 aromatic heterocycles. The van der Waals surface area contributed by atoms with Gasteiger partial charge in [0.05, 0.1) is 17.8 Å². The van der Waals surface area contributed by atoms with Crippen molar-refractivity contribution in [3.8, 4) is 0 Å². The predicted molar refractivity (Wildman–Crippen MR) is 55.2 cm³/mol. The Hall–Kier alpha value is -1.10. The van der Waals surface area contributed by atoms with Gasteiger partial charge in [-0.2, -0.15) is 9.90 Å². The molecule has 1 aliphatic heterocycles. The van der Waals surface area contributed by atoms with Gasteiger partial charge in [-0.15, -0.1) is 5.10 Å². The maximum atomic E-state index is 5.86. The third kappa shape index (κ3) is 1.51. The molecule has 1 spiro atoms. The van der Waals surface area contributed by atoms with Crippen molar-refractivity contribution in [1.29, 1.82) is 0 Å². The minimum absolute atomic E-state index is 0.144. The van der Waals surface area contributed by atoms with Crippen LogP contribution >= 0.6 is 0 Å². The zero-order valence-corrected chi connectivity index (χ0v) is 8.72. The number of ether oxygens (including phenoxy) is 1. The Morgan fingerprint density at radius 1 is 1.53 bits per heavy atom. The molecule has 0 amide bonds. The summed E-state index contributed by atoms with van der Waals surface area (Å²) in [5.74, 6) is 0.504. The number of nitrogens with two attached hydrogens (primary N) is 1. The lowest BCUT2D eigenvalue weighted by Crippen LogP contribution is -2.46. The molecule has 3 rings (SSSR count). The Labute approximate surface area is 88.6 Å². The molecule has 5 heteroatoms. The van der Waals surface area contributed by atoms with Crippen molar-refractivity contribution in [1.82, 2.24) is 15.0 Å². The van der Waals surface area contributed by atoms with E-state index in [0.29, 0.717) is 11.9 Å². The van der Waals surface area contributed by atoms with Gasteiger partial charge in [0.2, 0.25) is 0 Å². The van der Waals surface area contributed by atoms with Gasteiger partial charge in [-0.05, 0) is 25.7 Å². The molecule has 1 aromatic rings. The molecule has 15 heavy (non-hydrogen) atoms. The van der Waals surface area contributed by atoms with Crippen LogP contribution in [0.15, 0.2) is 6.20 Å². The SMILES string of the molecule is Nc1cnn(C2CCOC3(CCC3)C2)n1. The van der Waals surface area contributed by atoms with Crippen molar-refractivity contribution >= 4 is 5.82 Å². The quantitative estimate of drug-likeness (QED) is 0.751. The molecule has 0 bridgehead atoms. The molecule has 5 nitrogen and oxygen atoms in total. The summed E-state index contributed by atoms with van der Waals surface area (Å²) in [4.78, 5) is 1.76. The van der Waals surface area contributed by atoms with E-state index < -0.39 is 0 Å². The highest BCUT2D eigenvalue weighted by atomic mass is 16.5. The molecule has 2 heterocycles. The van der Waals surface area contributed by atoms with Crippen LogP contribution in [0.25, 0.3) is 0 Å². The van der Waals surface area contributed by atoms with E-state index in [2.05, 4.69) is 10.2 Å². The fraction of sp³-hybridized carbons (Fsp3) is 0.800. The summed E-state index contributed by atoms with van der Waals surface area (Å²) < 4.78 is 5.86. The molecule has 82 valence electrons. The van der Waals surface area contributed by atoms with Crippen molar-refractivity contribution in [3.05, 3.63) is 6.20 Å². The standard InChI is InChI=1S/C10H16N4O/c11-9-7-12-14(13-9)8-2-5-15-10(6-8)3-1-4-10/h7-8H,1-6H2,(H2,11,13). The molecule has 1 unspecified atom stereocenters. The third-order valence-electron chi connectivity index (χ3n) is 3.58. The monoisotopic (exact) mass is 208 g/mol. The second kappa shape index (κ2) is 3.20. The van der Waals surface area contributed by atoms with Gasteiger partial charge in [-0.1, -0.05) is 0 Å². The van der Waals surface area contributed by atoms with E-state index in [1.807, 2.05) is 0 Å². The molecule has 1 aliphatic carbocycles. The van der Waals surface area contributed by atoms with Gasteiger partial charge in [-0.3, -0.25) is 0 Å². The number of nitrogen functional groups attached to an aromatic ring is 1. The number of anilines is 1. The second-order valence-corrected chi connectivity index (χ2v) is 4.62. The highest BCUT2D eigenvalue weighted by Gasteiger charge is 2.43. The van der Waals surface area contributed by atoms with Gasteiger partial charge in [-0.25, -0.2) is 0 Å². The minimum Gasteiger partial charge on any atom is -0.381 e. The highest BCUT2D eigenvalue weighted by molar-refractivity contribution is 5.19. The van der Waals surface area contributed by atoms with E-state index in [0.717, 1.165) is 19.4 Å². The molecule has 2 aliphatic rings. The Bertz CT molecular complexity index is 358. The average Bonchev–Trinajstić information content (AvgIpc) is 2.63. The van der Waals surface area contributed by atoms with Crippen LogP contribution < -0.4 is 5.73 Å². The number of nitrogens with zero attached hydrogens (tertiary/aromatic N) is 3. The summed E-state index contributed by atoms with van der Waals surface area (Å²) in [6.07, 6.45) is 7.34. The van der Waals surface area contributed by atoms with Crippen LogP contribution in [0.5, 0.6) is 0 Å². The molecular formula is C10H16N4O. The van der Waals surface area contributed by atoms with E-state index in [1.54, 1.807) is 11.0 Å². The summed E-state index contributed by atoms with van der Waals surface area (Å²) in [5.41, 5.74) is 5.72. The summed E-state index contributed by atoms with van der Waals surface area (Å²) in [6, 6.07) is 0.372. The molecule has 2 fully saturated rings. The fourth-order valence-corrected chi connectivity index (χ4v) is 2.58. The largest absolute Gasteiger partial charge is 0.381 e. The van der Waals surface area contributed by atoms with Crippen LogP contribution in [-0.2, 0) is 4.74 Å². The number of hydrogen-bond donors (Lipinski definition) is 1. The molecule has 2 N–H and O–H groups in total. The zero-order valence-electron chi connectivity index (χ0n) is 8.72. The van der Waals surface area contributed by atoms with Gasteiger partial charge in [0.25, 0.3) is 0 Å². The summed E-state index contributed by atoms with van der Waals surface area (Å²) in [7, 11) is 0. The Morgan fingerprint density at radius 3 is 3.00 bits per heavy atom. The van der Waals surface area contributed by atoms with Gasteiger partial charge in [0, 0.05) is 13.0 Å². The summed E-state index contributed by atoms with van der Waals surface area (Å²) in [5, 5.41) is 8.37. The zero-order chi connectivity index (χ0) is 10.3. The van der Waals surface area contributed by atoms with Crippen molar-refractivity contribution in [3.63, 3.8) is 0 Å². The lowest BCUT2D eigenvalue weighted by Gasteiger charge is -2.46. The maximum absolute atomic E-state index is 5.86. The lowest BCUT2D eigenvalue weighted by molar-refractivity contribution is -0.142. The smallest absolute Gasteiger partial charge is 0.165 e. The topological polar surface area (TPSA) is 66.0 Å². The maximum Gasteiger partial charge on any atom is 0.165 e. The third-order valence-corrected chi connectivity index (χ3v) is 3.58. The van der Waals surface area contributed by atoms with Gasteiger partial charge in [0.1, 0.15) is 0 Å². The summed E-state index contributed by atoms with van der Waals surface area (Å²) in [6.45, 7) is 0.826. The number of aromatic nitrogens is 3. The minimum atomic E-state index is 0.144. The van der Waals surface area contributed by atoms with Crippen LogP contribution in [0.1, 0.15) is 38.1 Å². The first-order chi connectivity index (χ1) is 7.27. The molecule has 0 radical (unpaired) electrons. The fourth-order valence-electron chi connectivity index (χ4n) is 2.58. The van der Waals surface area contributed by atoms with Crippen LogP contribution in [-0.4, -0.2) is 27.2 Å². The molecule has 1 saturated heterocycles. The molecule has 1 atom stereocenters. The van der Waals surface area contributed by atoms with Crippen LogP contribution in [0, 0.1) is 0 Å². The van der Waals surface area contributed by atoms with Gasteiger partial charge < -0.3 is 10.5 Å². The van der Waals surface area contributed by atoms with Crippen LogP contribution in [0.3, 0.4) is 0 Å². The normalized spacial score (nSPS) is 28.9. The average molecular weight is 208 g/mol. The van der Waals surface area contributed by atoms with Gasteiger partial charge >= 0.3 is 0 Å². The Kier molecular flexibility index (Phi) is 1.95. The first-order valence-corrected chi connectivity index (χ1v) is 5.59. The Morgan fingerprint density at radius 2 is 2.40 bits per heavy atom. The number of rotatable bonds is 1. The van der Waals surface area contributed by atoms with E-state index >= 15 is 0 Å². The second-order valence-electron chi connectivity index (χ2n) is 4.62. The molecular weight excluding hydrogens is 192 g/mol. The van der Waals surface area contributed by atoms with E-state index in [-0.39, 0.29) is 5.60 Å². The van der Waals surface area contributed by atoms with Crippen molar-refractivity contribution < 1.29 is 4.74 Å². The van der Waals surface area contributed by atoms with Crippen LogP contribution in [0.4, 0.5) is 5.82 Å². The predicted octanol–water partition coefficient (Wildman–Crippen LogP) is 1.13. The van der Waals surface area contributed by atoms with E-state index in [4.69, 9.17) is 10.5 Å².